The van der Waals surface area contributed by atoms with Gasteiger partial charge in [0.15, 0.2) is 11.3 Å². The molecular weight excluding hydrogens is 316 g/mol. The van der Waals surface area contributed by atoms with Crippen molar-refractivity contribution < 1.29 is 28.8 Å². The van der Waals surface area contributed by atoms with E-state index >= 15 is 0 Å². The van der Waals surface area contributed by atoms with E-state index in [1.807, 2.05) is 0 Å². The van der Waals surface area contributed by atoms with Crippen molar-refractivity contribution in [2.24, 2.45) is 0 Å². The maximum Gasteiger partial charge on any atom is 0.336 e. The normalized spacial score (nSPS) is 29.5. The minimum Gasteiger partial charge on any atom is -0.458 e. The van der Waals surface area contributed by atoms with Crippen LogP contribution in [0.1, 0.15) is 13.8 Å². The zero-order valence-electron chi connectivity index (χ0n) is 13.6. The van der Waals surface area contributed by atoms with Gasteiger partial charge < -0.3 is 28.8 Å². The van der Waals surface area contributed by atoms with Crippen LogP contribution in [0.2, 0.25) is 0 Å². The van der Waals surface area contributed by atoms with E-state index in [0.29, 0.717) is 5.39 Å². The fourth-order valence-corrected chi connectivity index (χ4v) is 2.99. The van der Waals surface area contributed by atoms with Crippen molar-refractivity contribution in [2.45, 2.75) is 44.1 Å². The van der Waals surface area contributed by atoms with Crippen molar-refractivity contribution in [3.63, 3.8) is 0 Å². The first-order valence-corrected chi connectivity index (χ1v) is 7.60. The second-order valence-electron chi connectivity index (χ2n) is 6.27. The third kappa shape index (κ3) is 2.91. The lowest BCUT2D eigenvalue weighted by atomic mass is 9.89. The van der Waals surface area contributed by atoms with Gasteiger partial charge in [-0.2, -0.15) is 0 Å². The molecule has 0 saturated carbocycles. The van der Waals surface area contributed by atoms with Gasteiger partial charge in [0, 0.05) is 18.6 Å². The van der Waals surface area contributed by atoms with Crippen molar-refractivity contribution in [3.8, 4) is 5.75 Å². The lowest BCUT2D eigenvalue weighted by molar-refractivity contribution is -0.305. The summed E-state index contributed by atoms with van der Waals surface area (Å²) in [6, 6.07) is 8.03. The molecule has 7 heteroatoms. The fourth-order valence-electron chi connectivity index (χ4n) is 2.99. The first kappa shape index (κ1) is 16.9. The molecule has 1 aliphatic heterocycles. The van der Waals surface area contributed by atoms with Crippen LogP contribution < -0.4 is 10.4 Å². The van der Waals surface area contributed by atoms with Crippen molar-refractivity contribution in [1.82, 2.24) is 0 Å². The predicted molar refractivity (Wildman–Crippen MR) is 84.9 cm³/mol. The highest BCUT2D eigenvalue weighted by molar-refractivity contribution is 5.82. The molecule has 1 unspecified atom stereocenters. The average Bonchev–Trinajstić information content (AvgIpc) is 2.53. The molecule has 24 heavy (non-hydrogen) atoms. The summed E-state index contributed by atoms with van der Waals surface area (Å²) in [6.07, 6.45) is -4.37. The smallest absolute Gasteiger partial charge is 0.336 e. The Balaban J connectivity index is 1.94. The standard InChI is InChI=1S/C17H20O7/c1-17(2)15(21-3)12(19)13(20)16(24-17)22-10-6-4-5-9-7-8-11(18)23-14(9)10/h4-8,12-13,15-16,19-20H,1-3H3/t12-,13-,15+,16?/m0/s1. The summed E-state index contributed by atoms with van der Waals surface area (Å²) in [5, 5.41) is 21.2. The fraction of sp³-hybridized carbons (Fsp3) is 0.471. The summed E-state index contributed by atoms with van der Waals surface area (Å²) in [6.45, 7) is 3.46. The van der Waals surface area contributed by atoms with Crippen molar-refractivity contribution in [1.29, 1.82) is 0 Å². The van der Waals surface area contributed by atoms with E-state index in [4.69, 9.17) is 18.6 Å². The molecule has 0 bridgehead atoms. The summed E-state index contributed by atoms with van der Waals surface area (Å²) in [7, 11) is 1.44. The zero-order chi connectivity index (χ0) is 17.5. The van der Waals surface area contributed by atoms with Gasteiger partial charge in [0.2, 0.25) is 6.29 Å². The van der Waals surface area contributed by atoms with Crippen LogP contribution in [0.25, 0.3) is 11.0 Å². The SMILES string of the molecule is CO[C@@H]1[C@@H](O)[C@H](O)C(Oc2cccc3ccc(=O)oc23)OC1(C)C. The first-order chi connectivity index (χ1) is 11.3. The molecule has 0 spiro atoms. The maximum atomic E-state index is 11.5. The number of para-hydroxylation sites is 1. The number of benzene rings is 1. The Morgan fingerprint density at radius 1 is 1.12 bits per heavy atom. The summed E-state index contributed by atoms with van der Waals surface area (Å²) in [5.41, 5.74) is -1.14. The van der Waals surface area contributed by atoms with Gasteiger partial charge >= 0.3 is 5.63 Å². The highest BCUT2D eigenvalue weighted by atomic mass is 16.7. The van der Waals surface area contributed by atoms with Gasteiger partial charge in [-0.3, -0.25) is 0 Å². The summed E-state index contributed by atoms with van der Waals surface area (Å²) in [5.74, 6) is 0.244. The molecule has 1 aromatic heterocycles. The summed E-state index contributed by atoms with van der Waals surface area (Å²) < 4.78 is 21.9. The Bertz CT molecular complexity index is 782. The Labute approximate surface area is 138 Å². The van der Waals surface area contributed by atoms with Gasteiger partial charge in [0.1, 0.15) is 18.3 Å². The zero-order valence-corrected chi connectivity index (χ0v) is 13.6. The molecule has 2 heterocycles. The first-order valence-electron chi connectivity index (χ1n) is 7.60. The quantitative estimate of drug-likeness (QED) is 0.808. The minimum absolute atomic E-state index is 0.244. The molecule has 130 valence electrons. The number of rotatable bonds is 3. The van der Waals surface area contributed by atoms with Crippen LogP contribution in [-0.4, -0.2) is 47.5 Å². The van der Waals surface area contributed by atoms with Crippen LogP contribution in [-0.2, 0) is 9.47 Å². The second kappa shape index (κ2) is 6.18. The van der Waals surface area contributed by atoms with E-state index in [-0.39, 0.29) is 11.3 Å². The van der Waals surface area contributed by atoms with E-state index < -0.39 is 35.8 Å². The molecule has 4 atom stereocenters. The minimum atomic E-state index is -1.33. The topological polar surface area (TPSA) is 98.4 Å². The lowest BCUT2D eigenvalue weighted by Crippen LogP contribution is -2.63. The van der Waals surface area contributed by atoms with Gasteiger partial charge in [0.05, 0.1) is 5.60 Å². The number of ether oxygens (including phenoxy) is 3. The molecule has 0 amide bonds. The van der Waals surface area contributed by atoms with Gasteiger partial charge in [-0.1, -0.05) is 12.1 Å². The molecule has 0 aliphatic carbocycles. The van der Waals surface area contributed by atoms with Crippen LogP contribution in [0.5, 0.6) is 5.75 Å². The van der Waals surface area contributed by atoms with Crippen molar-refractivity contribution >= 4 is 11.0 Å². The molecule has 2 N–H and O–H groups in total. The Morgan fingerprint density at radius 3 is 2.58 bits per heavy atom. The van der Waals surface area contributed by atoms with Gasteiger partial charge in [-0.25, -0.2) is 4.79 Å². The predicted octanol–water partition coefficient (Wildman–Crippen LogP) is 1.04. The Kier molecular flexibility index (Phi) is 4.35. The highest BCUT2D eigenvalue weighted by Crippen LogP contribution is 2.34. The largest absolute Gasteiger partial charge is 0.458 e. The molecule has 0 radical (unpaired) electrons. The average molecular weight is 336 g/mol. The third-order valence-corrected chi connectivity index (χ3v) is 4.15. The van der Waals surface area contributed by atoms with Crippen LogP contribution >= 0.6 is 0 Å². The molecule has 1 saturated heterocycles. The molecule has 1 aromatic carbocycles. The van der Waals surface area contributed by atoms with E-state index in [1.54, 1.807) is 38.1 Å². The number of aliphatic hydroxyl groups is 2. The lowest BCUT2D eigenvalue weighted by Gasteiger charge is -2.46. The summed E-state index contributed by atoms with van der Waals surface area (Å²) in [4.78, 5) is 11.5. The molecule has 1 aliphatic rings. The molecule has 3 rings (SSSR count). The van der Waals surface area contributed by atoms with E-state index in [2.05, 4.69) is 0 Å². The highest BCUT2D eigenvalue weighted by Gasteiger charge is 2.50. The van der Waals surface area contributed by atoms with Crippen LogP contribution in [0.3, 0.4) is 0 Å². The Hall–Kier alpha value is -1.93. The number of methoxy groups -OCH3 is 1. The number of fused-ring (bicyclic) bond motifs is 1. The van der Waals surface area contributed by atoms with Crippen LogP contribution in [0.15, 0.2) is 39.5 Å². The van der Waals surface area contributed by atoms with Crippen molar-refractivity contribution in [2.75, 3.05) is 7.11 Å². The van der Waals surface area contributed by atoms with E-state index in [1.165, 1.54) is 13.2 Å². The molecular formula is C17H20O7. The third-order valence-electron chi connectivity index (χ3n) is 4.15. The maximum absolute atomic E-state index is 11.5. The van der Waals surface area contributed by atoms with E-state index in [0.717, 1.165) is 0 Å². The number of hydrogen-bond acceptors (Lipinski definition) is 7. The van der Waals surface area contributed by atoms with Gasteiger partial charge in [-0.05, 0) is 26.0 Å². The van der Waals surface area contributed by atoms with Crippen LogP contribution in [0.4, 0.5) is 0 Å². The molecule has 7 nitrogen and oxygen atoms in total. The molecule has 1 fully saturated rings. The summed E-state index contributed by atoms with van der Waals surface area (Å²) >= 11 is 0. The molecule has 2 aromatic rings. The van der Waals surface area contributed by atoms with Gasteiger partial charge in [-0.15, -0.1) is 0 Å². The van der Waals surface area contributed by atoms with Crippen molar-refractivity contribution in [3.05, 3.63) is 40.8 Å². The number of aliphatic hydroxyl groups excluding tert-OH is 2. The Morgan fingerprint density at radius 2 is 1.88 bits per heavy atom. The van der Waals surface area contributed by atoms with Crippen LogP contribution in [0, 0.1) is 0 Å². The van der Waals surface area contributed by atoms with Gasteiger partial charge in [0.25, 0.3) is 0 Å². The second-order valence-corrected chi connectivity index (χ2v) is 6.27. The number of hydrogen-bond donors (Lipinski definition) is 2. The van der Waals surface area contributed by atoms with E-state index in [9.17, 15) is 15.0 Å². The monoisotopic (exact) mass is 336 g/mol.